The molecule has 0 saturated carbocycles. The molecule has 0 bridgehead atoms. The normalized spacial score (nSPS) is 18.9. The number of nitrogens with one attached hydrogen (secondary N) is 2. The third-order valence-corrected chi connectivity index (χ3v) is 7.97. The number of ether oxygens (including phenoxy) is 1. The van der Waals surface area contributed by atoms with E-state index in [0.717, 1.165) is 21.7 Å². The number of aromatic nitrogens is 1. The van der Waals surface area contributed by atoms with Crippen molar-refractivity contribution >= 4 is 35.2 Å². The first-order valence-electron chi connectivity index (χ1n) is 13.8. The molecule has 1 aromatic carbocycles. The number of rotatable bonds is 8. The standard InChI is InChI=1S/C30H42N4O6S/c1-17(20-9-11-21(12-10-20)24-18(2)31-16-41-24)32-26(37)22-13-19(14-23(35)36)15-34(22)27(38)25(29(3,4)5)33-28(39)40-30(6,7)8/h9-12,16-17,19,22,25H,13-15H2,1-8H3,(H,32,37)(H,33,39)(H,35,36)/t17?,19-,22+,25-/m1/s1. The van der Waals surface area contributed by atoms with E-state index in [-0.39, 0.29) is 31.3 Å². The summed E-state index contributed by atoms with van der Waals surface area (Å²) >= 11 is 1.57. The Hall–Kier alpha value is -3.47. The fourth-order valence-corrected chi connectivity index (χ4v) is 5.76. The molecule has 1 aliphatic heterocycles. The van der Waals surface area contributed by atoms with E-state index in [1.165, 1.54) is 4.90 Å². The fourth-order valence-electron chi connectivity index (χ4n) is 4.94. The van der Waals surface area contributed by atoms with Gasteiger partial charge in [0.05, 0.1) is 22.1 Å². The van der Waals surface area contributed by atoms with Gasteiger partial charge in [-0.25, -0.2) is 9.78 Å². The summed E-state index contributed by atoms with van der Waals surface area (Å²) in [6.45, 7) is 14.5. The van der Waals surface area contributed by atoms with E-state index in [1.54, 1.807) is 37.6 Å². The number of carboxylic acid groups (broad SMARTS) is 1. The minimum atomic E-state index is -0.993. The fraction of sp³-hybridized carbons (Fsp3) is 0.567. The van der Waals surface area contributed by atoms with Gasteiger partial charge in [-0.05, 0) is 63.5 Å². The first-order chi connectivity index (χ1) is 19.0. The second-order valence-electron chi connectivity index (χ2n) is 12.8. The van der Waals surface area contributed by atoms with Crippen LogP contribution in [0, 0.1) is 18.3 Å². The lowest BCUT2D eigenvalue weighted by Crippen LogP contribution is -2.58. The largest absolute Gasteiger partial charge is 0.481 e. The zero-order valence-electron chi connectivity index (χ0n) is 25.1. The van der Waals surface area contributed by atoms with E-state index in [2.05, 4.69) is 15.6 Å². The third kappa shape index (κ3) is 8.51. The number of carboxylic acids is 1. The van der Waals surface area contributed by atoms with Gasteiger partial charge in [-0.1, -0.05) is 45.0 Å². The molecule has 224 valence electrons. The topological polar surface area (TPSA) is 138 Å². The van der Waals surface area contributed by atoms with Gasteiger partial charge in [0.15, 0.2) is 0 Å². The van der Waals surface area contributed by atoms with E-state index in [0.29, 0.717) is 0 Å². The molecule has 0 radical (unpaired) electrons. The Morgan fingerprint density at radius 1 is 1.10 bits per heavy atom. The molecule has 1 aliphatic rings. The van der Waals surface area contributed by atoms with E-state index < -0.39 is 47.0 Å². The summed E-state index contributed by atoms with van der Waals surface area (Å²) in [4.78, 5) is 58.4. The van der Waals surface area contributed by atoms with Crippen LogP contribution in [0.2, 0.25) is 0 Å². The maximum atomic E-state index is 13.9. The van der Waals surface area contributed by atoms with Crippen molar-refractivity contribution in [3.05, 3.63) is 41.0 Å². The third-order valence-electron chi connectivity index (χ3n) is 6.99. The first kappa shape index (κ1) is 32.0. The quantitative estimate of drug-likeness (QED) is 0.399. The minimum Gasteiger partial charge on any atom is -0.481 e. The molecule has 0 spiro atoms. The highest BCUT2D eigenvalue weighted by atomic mass is 32.1. The number of carbonyl (C=O) groups is 4. The minimum absolute atomic E-state index is 0.100. The van der Waals surface area contributed by atoms with Crippen LogP contribution < -0.4 is 10.6 Å². The van der Waals surface area contributed by atoms with E-state index in [1.807, 2.05) is 58.9 Å². The second-order valence-corrected chi connectivity index (χ2v) is 13.6. The van der Waals surface area contributed by atoms with Gasteiger partial charge in [0.25, 0.3) is 0 Å². The molecule has 3 rings (SSSR count). The van der Waals surface area contributed by atoms with Gasteiger partial charge in [0.2, 0.25) is 11.8 Å². The number of amides is 3. The molecule has 4 atom stereocenters. The maximum Gasteiger partial charge on any atom is 0.408 e. The number of likely N-dealkylation sites (tertiary alicyclic amines) is 1. The van der Waals surface area contributed by atoms with Crippen molar-refractivity contribution in [2.45, 2.75) is 92.0 Å². The zero-order valence-corrected chi connectivity index (χ0v) is 25.9. The molecule has 10 nitrogen and oxygen atoms in total. The molecule has 2 heterocycles. The van der Waals surface area contributed by atoms with E-state index in [4.69, 9.17) is 4.74 Å². The monoisotopic (exact) mass is 586 g/mol. The summed E-state index contributed by atoms with van der Waals surface area (Å²) in [6.07, 6.45) is -0.691. The van der Waals surface area contributed by atoms with Crippen molar-refractivity contribution in [2.24, 2.45) is 11.3 Å². The molecule has 1 aromatic heterocycles. The SMILES string of the molecule is Cc1ncsc1-c1ccc(C(C)NC(=O)[C@@H]2C[C@H](CC(=O)O)CN2C(=O)[C@@H](NC(=O)OC(C)(C)C)C(C)(C)C)cc1. The Kier molecular flexibility index (Phi) is 9.84. The Bertz CT molecular complexity index is 1260. The lowest BCUT2D eigenvalue weighted by atomic mass is 9.85. The molecule has 1 saturated heterocycles. The summed E-state index contributed by atoms with van der Waals surface area (Å²) in [5.74, 6) is -2.21. The molecule has 11 heteroatoms. The van der Waals surface area contributed by atoms with Crippen LogP contribution in [0.15, 0.2) is 29.8 Å². The van der Waals surface area contributed by atoms with Gasteiger partial charge >= 0.3 is 12.1 Å². The van der Waals surface area contributed by atoms with E-state index >= 15 is 0 Å². The first-order valence-corrected chi connectivity index (χ1v) is 14.7. The van der Waals surface area contributed by atoms with Gasteiger partial charge in [0.1, 0.15) is 17.7 Å². The van der Waals surface area contributed by atoms with Gasteiger partial charge in [-0.2, -0.15) is 0 Å². The number of hydrogen-bond acceptors (Lipinski definition) is 7. The summed E-state index contributed by atoms with van der Waals surface area (Å²) < 4.78 is 5.38. The van der Waals surface area contributed by atoms with Crippen LogP contribution in [-0.2, 0) is 19.1 Å². The van der Waals surface area contributed by atoms with Crippen molar-refractivity contribution in [2.75, 3.05) is 6.54 Å². The maximum absolute atomic E-state index is 13.9. The van der Waals surface area contributed by atoms with Gasteiger partial charge < -0.3 is 25.4 Å². The van der Waals surface area contributed by atoms with Crippen LogP contribution in [0.25, 0.3) is 10.4 Å². The molecule has 3 N–H and O–H groups in total. The number of aryl methyl sites for hydroxylation is 1. The summed E-state index contributed by atoms with van der Waals surface area (Å²) in [6, 6.07) is 5.66. The van der Waals surface area contributed by atoms with Crippen molar-refractivity contribution in [1.29, 1.82) is 0 Å². The van der Waals surface area contributed by atoms with Crippen molar-refractivity contribution in [3.8, 4) is 10.4 Å². The van der Waals surface area contributed by atoms with Crippen LogP contribution in [0.5, 0.6) is 0 Å². The number of carbonyl (C=O) groups excluding carboxylic acids is 3. The molecule has 2 aromatic rings. The number of aliphatic carboxylic acids is 1. The smallest absolute Gasteiger partial charge is 0.408 e. The number of nitrogens with zero attached hydrogens (tertiary/aromatic N) is 2. The second kappa shape index (κ2) is 12.6. The van der Waals surface area contributed by atoms with Crippen molar-refractivity contribution < 1.29 is 29.0 Å². The van der Waals surface area contributed by atoms with Gasteiger partial charge in [-0.15, -0.1) is 11.3 Å². The number of alkyl carbamates (subject to hydrolysis) is 1. The molecular formula is C30H42N4O6S. The zero-order chi connectivity index (χ0) is 30.7. The van der Waals surface area contributed by atoms with Gasteiger partial charge in [-0.3, -0.25) is 14.4 Å². The van der Waals surface area contributed by atoms with Crippen LogP contribution in [0.4, 0.5) is 4.79 Å². The highest BCUT2D eigenvalue weighted by molar-refractivity contribution is 7.13. The highest BCUT2D eigenvalue weighted by Gasteiger charge is 2.45. The van der Waals surface area contributed by atoms with Crippen LogP contribution in [0.3, 0.4) is 0 Å². The molecular weight excluding hydrogens is 544 g/mol. The predicted octanol–water partition coefficient (Wildman–Crippen LogP) is 4.93. The van der Waals surface area contributed by atoms with E-state index in [9.17, 15) is 24.3 Å². The highest BCUT2D eigenvalue weighted by Crippen LogP contribution is 2.32. The average Bonchev–Trinajstić information content (AvgIpc) is 3.46. The summed E-state index contributed by atoms with van der Waals surface area (Å²) in [7, 11) is 0. The summed E-state index contributed by atoms with van der Waals surface area (Å²) in [5.41, 5.74) is 3.24. The summed E-state index contributed by atoms with van der Waals surface area (Å²) in [5, 5.41) is 15.1. The number of benzene rings is 1. The molecule has 3 amide bonds. The van der Waals surface area contributed by atoms with Crippen LogP contribution in [-0.4, -0.2) is 63.1 Å². The molecule has 41 heavy (non-hydrogen) atoms. The Labute approximate surface area is 245 Å². The van der Waals surface area contributed by atoms with Crippen molar-refractivity contribution in [1.82, 2.24) is 20.5 Å². The predicted molar refractivity (Wildman–Crippen MR) is 157 cm³/mol. The van der Waals surface area contributed by atoms with Crippen LogP contribution >= 0.6 is 11.3 Å². The molecule has 0 aliphatic carbocycles. The lowest BCUT2D eigenvalue weighted by molar-refractivity contribution is -0.142. The number of thiazole rings is 1. The molecule has 1 fully saturated rings. The average molecular weight is 587 g/mol. The lowest BCUT2D eigenvalue weighted by Gasteiger charge is -2.36. The van der Waals surface area contributed by atoms with Crippen molar-refractivity contribution in [3.63, 3.8) is 0 Å². The Morgan fingerprint density at radius 2 is 1.73 bits per heavy atom. The Balaban J connectivity index is 1.80. The Morgan fingerprint density at radius 3 is 2.24 bits per heavy atom. The number of hydrogen-bond donors (Lipinski definition) is 3. The van der Waals surface area contributed by atoms with Gasteiger partial charge in [0, 0.05) is 13.0 Å². The molecule has 1 unspecified atom stereocenters. The van der Waals surface area contributed by atoms with Crippen LogP contribution in [0.1, 0.15) is 78.6 Å².